The van der Waals surface area contributed by atoms with E-state index < -0.39 is 0 Å². The Balaban J connectivity index is 1.60. The number of benzene rings is 2. The minimum Gasteiger partial charge on any atom is -0.300 e. The van der Waals surface area contributed by atoms with Gasteiger partial charge in [-0.15, -0.1) is 0 Å². The van der Waals surface area contributed by atoms with Crippen LogP contribution in [0, 0.1) is 39.5 Å². The molecule has 2 atom stereocenters. The Bertz CT molecular complexity index is 881. The van der Waals surface area contributed by atoms with E-state index in [2.05, 4.69) is 64.1 Å². The van der Waals surface area contributed by atoms with Gasteiger partial charge in [-0.25, -0.2) is 0 Å². The zero-order valence-corrected chi connectivity index (χ0v) is 22.2. The highest BCUT2D eigenvalue weighted by Crippen LogP contribution is 2.43. The Hall–Kier alpha value is -1.89. The molecule has 2 saturated carbocycles. The number of hydrogen-bond donors (Lipinski definition) is 0. The van der Waals surface area contributed by atoms with Crippen molar-refractivity contribution >= 4 is 5.78 Å². The highest BCUT2D eigenvalue weighted by molar-refractivity contribution is 5.80. The van der Waals surface area contributed by atoms with Gasteiger partial charge in [-0.2, -0.15) is 0 Å². The molecule has 0 unspecified atom stereocenters. The van der Waals surface area contributed by atoms with E-state index in [1.54, 1.807) is 0 Å². The molecule has 2 aliphatic carbocycles. The molecule has 1 nitrogen and oxygen atoms in total. The van der Waals surface area contributed by atoms with Crippen molar-refractivity contribution in [2.45, 2.75) is 117 Å². The Morgan fingerprint density at radius 1 is 0.647 bits per heavy atom. The molecule has 0 radical (unpaired) electrons. The van der Waals surface area contributed by atoms with Gasteiger partial charge in [0, 0.05) is 12.8 Å². The van der Waals surface area contributed by atoms with Gasteiger partial charge in [-0.3, -0.25) is 4.79 Å². The fourth-order valence-electron chi connectivity index (χ4n) is 7.06. The minimum atomic E-state index is 0.387. The molecule has 0 spiro atoms. The molecular weight excluding hydrogens is 412 g/mol. The average molecular weight is 459 g/mol. The predicted molar refractivity (Wildman–Crippen MR) is 145 cm³/mol. The van der Waals surface area contributed by atoms with E-state index in [0.29, 0.717) is 29.5 Å². The third-order valence-electron chi connectivity index (χ3n) is 9.42. The van der Waals surface area contributed by atoms with Gasteiger partial charge in [-0.05, 0) is 110 Å². The van der Waals surface area contributed by atoms with Crippen LogP contribution < -0.4 is 0 Å². The molecule has 0 bridgehead atoms. The lowest BCUT2D eigenvalue weighted by molar-refractivity contribution is -0.120. The molecule has 2 aliphatic rings. The van der Waals surface area contributed by atoms with Crippen molar-refractivity contribution in [3.63, 3.8) is 0 Å². The van der Waals surface area contributed by atoms with E-state index in [4.69, 9.17) is 0 Å². The number of rotatable bonds is 8. The number of ketones is 1. The van der Waals surface area contributed by atoms with Crippen LogP contribution in [0.2, 0.25) is 0 Å². The Morgan fingerprint density at radius 2 is 1.03 bits per heavy atom. The smallest absolute Gasteiger partial charge is 0.134 e. The quantitative estimate of drug-likeness (QED) is 0.385. The van der Waals surface area contributed by atoms with Gasteiger partial charge in [0.25, 0.3) is 0 Å². The minimum absolute atomic E-state index is 0.387. The molecule has 0 saturated heterocycles. The van der Waals surface area contributed by atoms with Gasteiger partial charge in [0.05, 0.1) is 0 Å². The molecule has 2 aromatic carbocycles. The second-order valence-corrected chi connectivity index (χ2v) is 11.5. The first-order valence-corrected chi connectivity index (χ1v) is 14.1. The van der Waals surface area contributed by atoms with Crippen molar-refractivity contribution in [2.75, 3.05) is 0 Å². The van der Waals surface area contributed by atoms with Crippen LogP contribution in [-0.2, 0) is 4.79 Å². The van der Waals surface area contributed by atoms with Gasteiger partial charge in [0.15, 0.2) is 0 Å². The van der Waals surface area contributed by atoms with Gasteiger partial charge in [0.1, 0.15) is 5.78 Å². The van der Waals surface area contributed by atoms with E-state index in [-0.39, 0.29) is 0 Å². The predicted octanol–water partition coefficient (Wildman–Crippen LogP) is 9.30. The number of carbonyl (C=O) groups excluding carboxylic acids is 1. The van der Waals surface area contributed by atoms with Crippen LogP contribution in [0.25, 0.3) is 0 Å². The summed E-state index contributed by atoms with van der Waals surface area (Å²) in [6, 6.07) is 13.5. The van der Waals surface area contributed by atoms with Crippen molar-refractivity contribution in [3.05, 3.63) is 69.8 Å². The van der Waals surface area contributed by atoms with Gasteiger partial charge < -0.3 is 0 Å². The van der Waals surface area contributed by atoms with Crippen LogP contribution in [0.1, 0.15) is 122 Å². The summed E-state index contributed by atoms with van der Waals surface area (Å²) in [5.41, 5.74) is 8.43. The summed E-state index contributed by atoms with van der Waals surface area (Å²) in [5.74, 6) is 2.59. The molecule has 0 heterocycles. The summed E-state index contributed by atoms with van der Waals surface area (Å²) in [5, 5.41) is 0. The molecule has 0 aromatic heterocycles. The molecular formula is C33H46O. The molecule has 0 amide bonds. The molecule has 0 aliphatic heterocycles. The fourth-order valence-corrected chi connectivity index (χ4v) is 7.06. The summed E-state index contributed by atoms with van der Waals surface area (Å²) >= 11 is 0. The molecule has 2 aromatic rings. The maximum absolute atomic E-state index is 13.9. The number of carbonyl (C=O) groups is 1. The monoisotopic (exact) mass is 458 g/mol. The maximum atomic E-state index is 13.9. The van der Waals surface area contributed by atoms with Crippen molar-refractivity contribution in [2.24, 2.45) is 11.8 Å². The standard InChI is InChI=1S/C33H46O/c1-23-13-11-19-30(25(23)3)32(27-15-7-5-8-16-27)21-29(34)22-33(28-17-9-6-10-18-28)31-20-12-14-24(2)26(31)4/h11-14,19-20,27-28,32-33H,5-10,15-18,21-22H2,1-4H3/t32-,33-/m0/s1. The topological polar surface area (TPSA) is 17.1 Å². The lowest BCUT2D eigenvalue weighted by atomic mass is 9.70. The lowest BCUT2D eigenvalue weighted by Crippen LogP contribution is -2.24. The average Bonchev–Trinajstić information content (AvgIpc) is 2.86. The second kappa shape index (κ2) is 11.7. The first kappa shape index (κ1) is 25.2. The molecule has 184 valence electrons. The molecule has 4 rings (SSSR count). The normalized spacial score (nSPS) is 19.6. The number of hydrogen-bond acceptors (Lipinski definition) is 1. The van der Waals surface area contributed by atoms with Crippen molar-refractivity contribution < 1.29 is 4.79 Å². The third-order valence-corrected chi connectivity index (χ3v) is 9.42. The SMILES string of the molecule is Cc1cccc([C@@H](CC(=O)C[C@H](c2cccc(C)c2C)C2CCCCC2)C2CCCCC2)c1C. The van der Waals surface area contributed by atoms with Crippen LogP contribution in [0.15, 0.2) is 36.4 Å². The van der Waals surface area contributed by atoms with Gasteiger partial charge in [-0.1, -0.05) is 74.9 Å². The first-order chi connectivity index (χ1) is 16.5. The fraction of sp³-hybridized carbons (Fsp3) is 0.606. The largest absolute Gasteiger partial charge is 0.300 e. The van der Waals surface area contributed by atoms with Crippen molar-refractivity contribution in [1.82, 2.24) is 0 Å². The second-order valence-electron chi connectivity index (χ2n) is 11.5. The van der Waals surface area contributed by atoms with Crippen LogP contribution in [0.5, 0.6) is 0 Å². The molecule has 1 heteroatoms. The Morgan fingerprint density at radius 3 is 1.41 bits per heavy atom. The van der Waals surface area contributed by atoms with Gasteiger partial charge in [0.2, 0.25) is 0 Å². The van der Waals surface area contributed by atoms with E-state index in [1.807, 2.05) is 0 Å². The molecule has 2 fully saturated rings. The first-order valence-electron chi connectivity index (χ1n) is 14.1. The molecule has 0 N–H and O–H groups in total. The zero-order chi connectivity index (χ0) is 24.1. The summed E-state index contributed by atoms with van der Waals surface area (Å²) in [6.45, 7) is 8.98. The van der Waals surface area contributed by atoms with Crippen LogP contribution >= 0.6 is 0 Å². The highest BCUT2D eigenvalue weighted by atomic mass is 16.1. The van der Waals surface area contributed by atoms with E-state index in [1.165, 1.54) is 97.6 Å². The Labute approximate surface area is 208 Å². The van der Waals surface area contributed by atoms with Crippen molar-refractivity contribution in [3.8, 4) is 0 Å². The van der Waals surface area contributed by atoms with E-state index >= 15 is 0 Å². The Kier molecular flexibility index (Phi) is 8.67. The van der Waals surface area contributed by atoms with Gasteiger partial charge >= 0.3 is 0 Å². The zero-order valence-electron chi connectivity index (χ0n) is 22.2. The molecule has 34 heavy (non-hydrogen) atoms. The van der Waals surface area contributed by atoms with E-state index in [0.717, 1.165) is 12.8 Å². The maximum Gasteiger partial charge on any atom is 0.134 e. The summed E-state index contributed by atoms with van der Waals surface area (Å²) < 4.78 is 0. The van der Waals surface area contributed by atoms with Crippen molar-refractivity contribution in [1.29, 1.82) is 0 Å². The lowest BCUT2D eigenvalue weighted by Gasteiger charge is -2.34. The third kappa shape index (κ3) is 5.84. The van der Waals surface area contributed by atoms with Crippen LogP contribution in [0.4, 0.5) is 0 Å². The van der Waals surface area contributed by atoms with Crippen LogP contribution in [-0.4, -0.2) is 5.78 Å². The summed E-state index contributed by atoms with van der Waals surface area (Å²) in [7, 11) is 0. The summed E-state index contributed by atoms with van der Waals surface area (Å²) in [4.78, 5) is 13.9. The van der Waals surface area contributed by atoms with Crippen LogP contribution in [0.3, 0.4) is 0 Å². The number of aryl methyl sites for hydroxylation is 2. The van der Waals surface area contributed by atoms with E-state index in [9.17, 15) is 4.79 Å². The number of Topliss-reactive ketones (excluding diaryl/α,β-unsaturated/α-hetero) is 1. The highest BCUT2D eigenvalue weighted by Gasteiger charge is 2.32. The summed E-state index contributed by atoms with van der Waals surface area (Å²) in [6.07, 6.45) is 14.6.